The molecule has 1 saturated carbocycles. The Morgan fingerprint density at radius 1 is 0.913 bits per heavy atom. The van der Waals surface area contributed by atoms with Crippen LogP contribution in [-0.2, 0) is 29.8 Å². The summed E-state index contributed by atoms with van der Waals surface area (Å²) in [6.45, 7) is -1.07. The highest BCUT2D eigenvalue weighted by Gasteiger charge is 2.74. The summed E-state index contributed by atoms with van der Waals surface area (Å²) in [7, 11) is -4.83. The zero-order chi connectivity index (χ0) is 34.1. The monoisotopic (exact) mass is 687 g/mol. The molecule has 7 nitrogen and oxygen atoms in total. The Bertz CT molecular complexity index is 1620. The van der Waals surface area contributed by atoms with Gasteiger partial charge < -0.3 is 14.7 Å². The molecule has 2 heterocycles. The second kappa shape index (κ2) is 11.0. The number of carbonyl (C=O) groups is 2. The molecule has 2 aliphatic heterocycles. The highest BCUT2D eigenvalue weighted by atomic mass is 32.2. The average molecular weight is 688 g/mol. The largest absolute Gasteiger partial charge is 0.491 e. The first-order chi connectivity index (χ1) is 21.2. The second-order valence-corrected chi connectivity index (χ2v) is 13.9. The van der Waals surface area contributed by atoms with E-state index in [1.54, 1.807) is 0 Å². The van der Waals surface area contributed by atoms with Crippen molar-refractivity contribution in [3.63, 3.8) is 0 Å². The molecule has 5 rings (SSSR count). The smallest absolute Gasteiger partial charge is 0.435 e. The molecule has 0 bridgehead atoms. The minimum atomic E-state index is -6.47. The van der Waals surface area contributed by atoms with E-state index in [0.717, 1.165) is 29.2 Å². The first kappa shape index (κ1) is 33.9. The van der Waals surface area contributed by atoms with Crippen LogP contribution < -0.4 is 4.74 Å². The number of sulfone groups is 1. The number of halogens is 9. The van der Waals surface area contributed by atoms with E-state index in [1.807, 2.05) is 0 Å². The van der Waals surface area contributed by atoms with Crippen molar-refractivity contribution in [2.45, 2.75) is 77.9 Å². The van der Waals surface area contributed by atoms with Gasteiger partial charge in [-0.15, -0.1) is 0 Å². The quantitative estimate of drug-likeness (QED) is 0.299. The molecule has 0 spiro atoms. The number of carbonyl (C=O) groups excluding carboxylic acids is 1. The van der Waals surface area contributed by atoms with Gasteiger partial charge in [-0.1, -0.05) is 12.1 Å². The number of hydrogen-bond acceptors (Lipinski definition) is 5. The summed E-state index contributed by atoms with van der Waals surface area (Å²) in [5.74, 6) is -4.94. The van der Waals surface area contributed by atoms with Gasteiger partial charge in [0.05, 0.1) is 16.9 Å². The van der Waals surface area contributed by atoms with Crippen LogP contribution in [0.4, 0.5) is 39.5 Å². The molecule has 2 fully saturated rings. The zero-order valence-electron chi connectivity index (χ0n) is 23.6. The number of aliphatic carboxylic acids is 1. The van der Waals surface area contributed by atoms with E-state index in [9.17, 15) is 58.2 Å². The number of alkyl halides is 8. The van der Waals surface area contributed by atoms with Crippen LogP contribution in [0.15, 0.2) is 47.4 Å². The third-order valence-corrected chi connectivity index (χ3v) is 11.8. The summed E-state index contributed by atoms with van der Waals surface area (Å²) in [4.78, 5) is 25.5. The zero-order valence-corrected chi connectivity index (χ0v) is 24.4. The number of rotatable bonds is 5. The average Bonchev–Trinajstić information content (AvgIpc) is 2.98. The number of hydrogen-bond donors (Lipinski definition) is 1. The molecule has 17 heteroatoms. The van der Waals surface area contributed by atoms with Gasteiger partial charge in [-0.05, 0) is 68.9 Å². The first-order valence-corrected chi connectivity index (χ1v) is 15.5. The van der Waals surface area contributed by atoms with Gasteiger partial charge in [0.15, 0.2) is 15.5 Å². The van der Waals surface area contributed by atoms with E-state index in [0.29, 0.717) is 6.07 Å². The van der Waals surface area contributed by atoms with Crippen LogP contribution in [0, 0.1) is 11.7 Å². The predicted octanol–water partition coefficient (Wildman–Crippen LogP) is 6.15. The molecule has 252 valence electrons. The predicted molar refractivity (Wildman–Crippen MR) is 140 cm³/mol. The van der Waals surface area contributed by atoms with Crippen molar-refractivity contribution in [1.82, 2.24) is 4.90 Å². The lowest BCUT2D eigenvalue weighted by molar-refractivity contribution is -0.348. The van der Waals surface area contributed by atoms with Gasteiger partial charge in [0.1, 0.15) is 22.9 Å². The van der Waals surface area contributed by atoms with E-state index in [2.05, 4.69) is 0 Å². The van der Waals surface area contributed by atoms with Crippen molar-refractivity contribution in [3.8, 4) is 5.75 Å². The van der Waals surface area contributed by atoms with Gasteiger partial charge >= 0.3 is 24.0 Å². The Balaban J connectivity index is 1.67. The van der Waals surface area contributed by atoms with Crippen LogP contribution in [0.1, 0.15) is 49.7 Å². The Kier molecular flexibility index (Phi) is 8.13. The number of fused-ring (bicyclic) bond motifs is 3. The summed E-state index contributed by atoms with van der Waals surface area (Å²) in [6, 6.07) is 2.57. The molecule has 3 aliphatic rings. The van der Waals surface area contributed by atoms with Gasteiger partial charge in [0.25, 0.3) is 5.91 Å². The van der Waals surface area contributed by atoms with Gasteiger partial charge in [-0.2, -0.15) is 26.3 Å². The van der Waals surface area contributed by atoms with E-state index < -0.39 is 109 Å². The summed E-state index contributed by atoms with van der Waals surface area (Å²) in [5, 5.41) is 9.28. The standard InChI is InChI=1S/C29H26F9NO6S/c30-18-3-5-19(6-4-18)46(43,44)26-10-1-13-39(24(42)25(31)11-8-16(9-12-25)23(40)41)22(26)15-45-21-14-17(2-7-20(21)26)27(32,28(33,34)35)29(36,37)38/h2-7,14,16,22H,1,8-13,15H2,(H,40,41)/t16-,22?,25+,26?. The molecular weight excluding hydrogens is 661 g/mol. The number of likely N-dealkylation sites (tertiary alicyclic amines) is 1. The van der Waals surface area contributed by atoms with E-state index in [4.69, 9.17) is 4.74 Å². The number of carboxylic acid groups (broad SMARTS) is 1. The number of carboxylic acids is 1. The third-order valence-electron chi connectivity index (χ3n) is 9.25. The SMILES string of the molecule is O=C(O)[C@H]1CC[C@](F)(C(=O)N2CCCC3(S(=O)(=O)c4ccc(F)cc4)c4ccc(C(F)(C(F)(F)F)C(F)(F)F)cc4OCC23)CC1. The van der Waals surface area contributed by atoms with Crippen LogP contribution >= 0.6 is 0 Å². The third kappa shape index (κ3) is 4.99. The molecule has 0 radical (unpaired) electrons. The van der Waals surface area contributed by atoms with E-state index in [-0.39, 0.29) is 44.4 Å². The van der Waals surface area contributed by atoms with Crippen LogP contribution in [-0.4, -0.2) is 67.5 Å². The van der Waals surface area contributed by atoms with Crippen LogP contribution in [0.2, 0.25) is 0 Å². The Labute approximate surface area is 256 Å². The lowest BCUT2D eigenvalue weighted by Gasteiger charge is -2.53. The fraction of sp³-hybridized carbons (Fsp3) is 0.517. The van der Waals surface area contributed by atoms with Gasteiger partial charge in [-0.25, -0.2) is 21.6 Å². The summed E-state index contributed by atoms with van der Waals surface area (Å²) >= 11 is 0. The summed E-state index contributed by atoms with van der Waals surface area (Å²) < 4.78 is 158. The first-order valence-electron chi connectivity index (χ1n) is 14.0. The van der Waals surface area contributed by atoms with Gasteiger partial charge in [0.2, 0.25) is 0 Å². The van der Waals surface area contributed by atoms with Crippen molar-refractivity contribution in [2.24, 2.45) is 5.92 Å². The van der Waals surface area contributed by atoms with Crippen molar-refractivity contribution in [1.29, 1.82) is 0 Å². The Hall–Kier alpha value is -3.50. The molecule has 1 N–H and O–H groups in total. The second-order valence-electron chi connectivity index (χ2n) is 11.7. The molecule has 46 heavy (non-hydrogen) atoms. The molecule has 1 aliphatic carbocycles. The van der Waals surface area contributed by atoms with Crippen molar-refractivity contribution >= 4 is 21.7 Å². The number of benzene rings is 2. The number of ether oxygens (including phenoxy) is 1. The molecule has 2 atom stereocenters. The summed E-state index contributed by atoms with van der Waals surface area (Å²) in [6.07, 6.45) is -14.9. The van der Waals surface area contributed by atoms with Gasteiger partial charge in [0, 0.05) is 17.7 Å². The maximum Gasteiger partial charge on any atom is 0.435 e. The maximum absolute atomic E-state index is 16.2. The highest BCUT2D eigenvalue weighted by molar-refractivity contribution is 7.92. The Morgan fingerprint density at radius 2 is 1.50 bits per heavy atom. The van der Waals surface area contributed by atoms with Crippen LogP contribution in [0.3, 0.4) is 0 Å². The highest BCUT2D eigenvalue weighted by Crippen LogP contribution is 2.57. The maximum atomic E-state index is 16.2. The lowest BCUT2D eigenvalue weighted by Crippen LogP contribution is -2.66. The van der Waals surface area contributed by atoms with E-state index in [1.165, 1.54) is 0 Å². The molecule has 2 aromatic carbocycles. The molecule has 2 unspecified atom stereocenters. The number of amides is 1. The molecule has 1 amide bonds. The molecule has 2 aromatic rings. The van der Waals surface area contributed by atoms with Crippen LogP contribution in [0.5, 0.6) is 5.75 Å². The molecule has 1 saturated heterocycles. The van der Waals surface area contributed by atoms with E-state index >= 15 is 4.39 Å². The van der Waals surface area contributed by atoms with Crippen molar-refractivity contribution in [2.75, 3.05) is 13.2 Å². The fourth-order valence-electron chi connectivity index (χ4n) is 6.81. The minimum absolute atomic E-state index is 0.110. The molecular formula is C29H26F9NO6S. The Morgan fingerprint density at radius 3 is 2.04 bits per heavy atom. The van der Waals surface area contributed by atoms with Gasteiger partial charge in [-0.3, -0.25) is 9.59 Å². The van der Waals surface area contributed by atoms with Crippen molar-refractivity contribution < 1.29 is 67.4 Å². The number of piperidine rings is 1. The topological polar surface area (TPSA) is 101 Å². The normalized spacial score (nSPS) is 27.3. The number of nitrogens with zero attached hydrogens (tertiary/aromatic N) is 1. The molecule has 0 aromatic heterocycles. The lowest BCUT2D eigenvalue weighted by atomic mass is 9.76. The van der Waals surface area contributed by atoms with Crippen LogP contribution in [0.25, 0.3) is 0 Å². The fourth-order valence-corrected chi connectivity index (χ4v) is 9.15. The summed E-state index contributed by atoms with van der Waals surface area (Å²) in [5.41, 5.74) is -10.9. The minimum Gasteiger partial charge on any atom is -0.491 e. The van der Waals surface area contributed by atoms with Crippen molar-refractivity contribution in [3.05, 3.63) is 59.4 Å².